The quantitative estimate of drug-likeness (QED) is 0.906. The Kier molecular flexibility index (Phi) is 5.90. The van der Waals surface area contributed by atoms with Gasteiger partial charge in [0.05, 0.1) is 10.0 Å². The fourth-order valence-corrected chi connectivity index (χ4v) is 3.16. The second kappa shape index (κ2) is 7.46. The minimum Gasteiger partial charge on any atom is -0.396 e. The van der Waals surface area contributed by atoms with Crippen LogP contribution < -0.4 is 4.90 Å². The molecule has 1 saturated heterocycles. The summed E-state index contributed by atoms with van der Waals surface area (Å²) in [5, 5.41) is 10.1. The van der Waals surface area contributed by atoms with Crippen LogP contribution in [0.5, 0.6) is 0 Å². The lowest BCUT2D eigenvalue weighted by atomic mass is 10.0. The van der Waals surface area contributed by atoms with Gasteiger partial charge in [0, 0.05) is 38.5 Å². The van der Waals surface area contributed by atoms with Gasteiger partial charge in [-0.2, -0.15) is 0 Å². The number of rotatable bonds is 5. The molecule has 0 bridgehead atoms. The van der Waals surface area contributed by atoms with Crippen molar-refractivity contribution in [1.29, 1.82) is 0 Å². The normalized spacial score (nSPS) is 16.9. The van der Waals surface area contributed by atoms with E-state index in [1.54, 1.807) is 12.3 Å². The van der Waals surface area contributed by atoms with Crippen molar-refractivity contribution >= 4 is 29.0 Å². The lowest BCUT2D eigenvalue weighted by Gasteiger charge is -2.37. The van der Waals surface area contributed by atoms with Crippen molar-refractivity contribution in [3.05, 3.63) is 22.3 Å². The average Bonchev–Trinajstić information content (AvgIpc) is 2.45. The number of aromatic nitrogens is 1. The molecule has 0 spiro atoms. The number of piperidine rings is 1. The van der Waals surface area contributed by atoms with E-state index in [1.807, 2.05) is 0 Å². The van der Waals surface area contributed by atoms with Crippen molar-refractivity contribution in [1.82, 2.24) is 9.88 Å². The molecule has 1 N–H and O–H groups in total. The van der Waals surface area contributed by atoms with Gasteiger partial charge < -0.3 is 14.9 Å². The first kappa shape index (κ1) is 15.8. The van der Waals surface area contributed by atoms with Crippen molar-refractivity contribution < 1.29 is 5.11 Å². The molecule has 0 unspecified atom stereocenters. The second-order valence-corrected chi connectivity index (χ2v) is 6.08. The number of hydrogen-bond acceptors (Lipinski definition) is 4. The van der Waals surface area contributed by atoms with Crippen molar-refractivity contribution in [2.75, 3.05) is 38.2 Å². The molecule has 0 saturated carbocycles. The molecule has 1 aliphatic heterocycles. The fourth-order valence-electron chi connectivity index (χ4n) is 2.66. The van der Waals surface area contributed by atoms with Crippen molar-refractivity contribution in [2.24, 2.45) is 0 Å². The van der Waals surface area contributed by atoms with Gasteiger partial charge in [0.15, 0.2) is 0 Å². The van der Waals surface area contributed by atoms with Crippen LogP contribution in [0.4, 0.5) is 5.82 Å². The van der Waals surface area contributed by atoms with E-state index in [4.69, 9.17) is 28.3 Å². The van der Waals surface area contributed by atoms with Gasteiger partial charge in [0.25, 0.3) is 0 Å². The smallest absolute Gasteiger partial charge is 0.147 e. The van der Waals surface area contributed by atoms with Gasteiger partial charge in [-0.3, -0.25) is 0 Å². The van der Waals surface area contributed by atoms with Gasteiger partial charge in [-0.1, -0.05) is 23.2 Å². The van der Waals surface area contributed by atoms with Gasteiger partial charge in [-0.15, -0.1) is 0 Å². The summed E-state index contributed by atoms with van der Waals surface area (Å²) in [6.07, 6.45) is 4.65. The summed E-state index contributed by atoms with van der Waals surface area (Å²) in [7, 11) is 2.13. The highest BCUT2D eigenvalue weighted by atomic mass is 35.5. The topological polar surface area (TPSA) is 39.6 Å². The van der Waals surface area contributed by atoms with E-state index >= 15 is 0 Å². The van der Waals surface area contributed by atoms with E-state index < -0.39 is 0 Å². The van der Waals surface area contributed by atoms with Gasteiger partial charge in [-0.05, 0) is 32.4 Å². The Bertz CT molecular complexity index is 436. The first-order valence-corrected chi connectivity index (χ1v) is 7.74. The van der Waals surface area contributed by atoms with Crippen LogP contribution in [0.25, 0.3) is 0 Å². The monoisotopic (exact) mass is 317 g/mol. The van der Waals surface area contributed by atoms with E-state index in [1.165, 1.54) is 0 Å². The molecule has 2 heterocycles. The van der Waals surface area contributed by atoms with Crippen molar-refractivity contribution in [2.45, 2.75) is 25.3 Å². The van der Waals surface area contributed by atoms with E-state index in [0.717, 1.165) is 44.7 Å². The Hall–Kier alpha value is -0.550. The molecule has 0 amide bonds. The lowest BCUT2D eigenvalue weighted by molar-refractivity contribution is 0.184. The molecule has 1 fully saturated rings. The molecular formula is C14H21Cl2N3O. The summed E-state index contributed by atoms with van der Waals surface area (Å²) in [5.74, 6) is 0.826. The summed E-state index contributed by atoms with van der Waals surface area (Å²) in [4.78, 5) is 8.89. The summed E-state index contributed by atoms with van der Waals surface area (Å²) in [6.45, 7) is 3.10. The van der Waals surface area contributed by atoms with Crippen LogP contribution in [0.2, 0.25) is 10.0 Å². The Morgan fingerprint density at radius 2 is 2.10 bits per heavy atom. The summed E-state index contributed by atoms with van der Waals surface area (Å²) < 4.78 is 0. The summed E-state index contributed by atoms with van der Waals surface area (Å²) in [5.41, 5.74) is 0. The molecule has 0 atom stereocenters. The molecular weight excluding hydrogens is 297 g/mol. The van der Waals surface area contributed by atoms with Crippen LogP contribution in [0.1, 0.15) is 19.3 Å². The number of aliphatic hydroxyl groups excluding tert-OH is 1. The molecule has 2 rings (SSSR count). The third-order valence-corrected chi connectivity index (χ3v) is 4.33. The van der Waals surface area contributed by atoms with Crippen LogP contribution >= 0.6 is 23.2 Å². The van der Waals surface area contributed by atoms with Gasteiger partial charge in [0.2, 0.25) is 0 Å². The predicted molar refractivity (Wildman–Crippen MR) is 83.8 cm³/mol. The van der Waals surface area contributed by atoms with E-state index in [9.17, 15) is 0 Å². The minimum absolute atomic E-state index is 0.257. The standard InChI is InChI=1S/C14H21Cl2N3O/c1-18(5-2-8-20)12-3-6-19(7-4-12)14-13(16)9-11(15)10-17-14/h9-10,12,20H,2-8H2,1H3. The molecule has 0 aromatic carbocycles. The Labute approximate surface area is 130 Å². The first-order valence-electron chi connectivity index (χ1n) is 6.99. The summed E-state index contributed by atoms with van der Waals surface area (Å²) >= 11 is 12.1. The molecule has 4 nitrogen and oxygen atoms in total. The highest BCUT2D eigenvalue weighted by molar-refractivity contribution is 6.36. The van der Waals surface area contributed by atoms with Crippen molar-refractivity contribution in [3.63, 3.8) is 0 Å². The van der Waals surface area contributed by atoms with Crippen LogP contribution in [0.15, 0.2) is 12.3 Å². The maximum absolute atomic E-state index is 8.89. The Balaban J connectivity index is 1.90. The maximum Gasteiger partial charge on any atom is 0.147 e. The molecule has 1 aromatic rings. The lowest BCUT2D eigenvalue weighted by Crippen LogP contribution is -2.44. The zero-order valence-electron chi connectivity index (χ0n) is 11.7. The molecule has 112 valence electrons. The Morgan fingerprint density at radius 1 is 1.40 bits per heavy atom. The van der Waals surface area contributed by atoms with Crippen LogP contribution in [0.3, 0.4) is 0 Å². The number of nitrogens with zero attached hydrogens (tertiary/aromatic N) is 3. The zero-order chi connectivity index (χ0) is 14.5. The number of aliphatic hydroxyl groups is 1. The van der Waals surface area contributed by atoms with Crippen LogP contribution in [0, 0.1) is 0 Å². The third-order valence-electron chi connectivity index (χ3n) is 3.84. The van der Waals surface area contributed by atoms with E-state index in [2.05, 4.69) is 21.8 Å². The van der Waals surface area contributed by atoms with Gasteiger partial charge in [-0.25, -0.2) is 4.98 Å². The van der Waals surface area contributed by atoms with Gasteiger partial charge in [0.1, 0.15) is 5.82 Å². The first-order chi connectivity index (χ1) is 9.61. The van der Waals surface area contributed by atoms with Crippen molar-refractivity contribution in [3.8, 4) is 0 Å². The largest absolute Gasteiger partial charge is 0.396 e. The highest BCUT2D eigenvalue weighted by Crippen LogP contribution is 2.28. The SMILES string of the molecule is CN(CCCO)C1CCN(c2ncc(Cl)cc2Cl)CC1. The predicted octanol–water partition coefficient (Wildman–Crippen LogP) is 2.67. The third kappa shape index (κ3) is 3.98. The molecule has 1 aliphatic rings. The minimum atomic E-state index is 0.257. The molecule has 0 radical (unpaired) electrons. The Morgan fingerprint density at radius 3 is 2.70 bits per heavy atom. The molecule has 20 heavy (non-hydrogen) atoms. The molecule has 6 heteroatoms. The molecule has 1 aromatic heterocycles. The van der Waals surface area contributed by atoms with E-state index in [0.29, 0.717) is 16.1 Å². The maximum atomic E-state index is 8.89. The number of pyridine rings is 1. The average molecular weight is 318 g/mol. The summed E-state index contributed by atoms with van der Waals surface area (Å²) in [6, 6.07) is 2.31. The second-order valence-electron chi connectivity index (χ2n) is 5.23. The zero-order valence-corrected chi connectivity index (χ0v) is 13.2. The van der Waals surface area contributed by atoms with Crippen LogP contribution in [-0.4, -0.2) is 54.3 Å². The fraction of sp³-hybridized carbons (Fsp3) is 0.643. The molecule has 0 aliphatic carbocycles. The van der Waals surface area contributed by atoms with Crippen LogP contribution in [-0.2, 0) is 0 Å². The number of halogens is 2. The number of hydrogen-bond donors (Lipinski definition) is 1. The highest BCUT2D eigenvalue weighted by Gasteiger charge is 2.24. The van der Waals surface area contributed by atoms with Gasteiger partial charge >= 0.3 is 0 Å². The number of anilines is 1. The van der Waals surface area contributed by atoms with E-state index in [-0.39, 0.29) is 6.61 Å².